The van der Waals surface area contributed by atoms with Crippen LogP contribution in [0, 0.1) is 0 Å². The summed E-state index contributed by atoms with van der Waals surface area (Å²) in [6.07, 6.45) is 5.95. The zero-order valence-corrected chi connectivity index (χ0v) is 15.1. The third-order valence-corrected chi connectivity index (χ3v) is 5.53. The topological polar surface area (TPSA) is 49.2 Å². The smallest absolute Gasteiger partial charge is 0.408 e. The van der Waals surface area contributed by atoms with Gasteiger partial charge in [-0.15, -0.1) is 0 Å². The highest BCUT2D eigenvalue weighted by Crippen LogP contribution is 2.27. The number of H-pyrrole nitrogens is 1. The average molecular weight is 350 g/mol. The van der Waals surface area contributed by atoms with Crippen LogP contribution >= 0.6 is 0 Å². The van der Waals surface area contributed by atoms with Crippen molar-refractivity contribution in [3.63, 3.8) is 0 Å². The quantitative estimate of drug-likeness (QED) is 0.674. The number of likely N-dealkylation sites (tertiary alicyclic amines) is 1. The van der Waals surface area contributed by atoms with Crippen molar-refractivity contribution in [2.75, 3.05) is 19.6 Å². The van der Waals surface area contributed by atoms with E-state index in [1.807, 2.05) is 12.1 Å². The maximum absolute atomic E-state index is 11.2. The molecule has 136 valence electrons. The lowest BCUT2D eigenvalue weighted by Crippen LogP contribution is -2.33. The second-order valence-electron chi connectivity index (χ2n) is 7.33. The standard InChI is InChI=1S/C22H26N2O2/c25-22-23-20-10-9-17(16-21(20)26-22)6-4-5-13-24-14-11-19(12-15-24)18-7-2-1-3-8-18/h1-3,7-10,16,19H,4-6,11-15H2,(H,23,25). The molecule has 26 heavy (non-hydrogen) atoms. The number of benzene rings is 2. The van der Waals surface area contributed by atoms with Crippen molar-refractivity contribution in [2.45, 2.75) is 38.0 Å². The van der Waals surface area contributed by atoms with E-state index in [9.17, 15) is 4.79 Å². The van der Waals surface area contributed by atoms with E-state index in [0.29, 0.717) is 5.58 Å². The molecule has 1 saturated heterocycles. The van der Waals surface area contributed by atoms with Crippen LogP contribution in [-0.4, -0.2) is 29.5 Å². The third kappa shape index (κ3) is 4.07. The van der Waals surface area contributed by atoms with Gasteiger partial charge < -0.3 is 9.32 Å². The number of aryl methyl sites for hydroxylation is 1. The van der Waals surface area contributed by atoms with Crippen LogP contribution in [0.2, 0.25) is 0 Å². The molecule has 3 aromatic rings. The monoisotopic (exact) mass is 350 g/mol. The number of aromatic nitrogens is 1. The minimum absolute atomic E-state index is 0.379. The number of fused-ring (bicyclic) bond motifs is 1. The molecule has 0 bridgehead atoms. The fraction of sp³-hybridized carbons (Fsp3) is 0.409. The maximum atomic E-state index is 11.2. The molecule has 0 saturated carbocycles. The SMILES string of the molecule is O=c1[nH]c2ccc(CCCCN3CCC(c4ccccc4)CC3)cc2o1. The first-order chi connectivity index (χ1) is 12.8. The molecule has 1 N–H and O–H groups in total. The van der Waals surface area contributed by atoms with Crippen molar-refractivity contribution in [3.8, 4) is 0 Å². The van der Waals surface area contributed by atoms with Crippen LogP contribution in [0.15, 0.2) is 57.7 Å². The number of nitrogens with one attached hydrogen (secondary N) is 1. The predicted octanol–water partition coefficient (Wildman–Crippen LogP) is 4.32. The Morgan fingerprint density at radius 2 is 1.85 bits per heavy atom. The van der Waals surface area contributed by atoms with Gasteiger partial charge in [0, 0.05) is 0 Å². The predicted molar refractivity (Wildman–Crippen MR) is 105 cm³/mol. The highest BCUT2D eigenvalue weighted by molar-refractivity contribution is 5.72. The van der Waals surface area contributed by atoms with E-state index in [-0.39, 0.29) is 5.76 Å². The molecule has 2 heterocycles. The normalized spacial score (nSPS) is 16.3. The van der Waals surface area contributed by atoms with Crippen LogP contribution in [-0.2, 0) is 6.42 Å². The molecule has 0 unspecified atom stereocenters. The van der Waals surface area contributed by atoms with Crippen LogP contribution in [0.5, 0.6) is 0 Å². The molecule has 0 aliphatic carbocycles. The summed E-state index contributed by atoms with van der Waals surface area (Å²) in [6.45, 7) is 3.60. The van der Waals surface area contributed by atoms with Crippen molar-refractivity contribution >= 4 is 11.1 Å². The largest absolute Gasteiger partial charge is 0.417 e. The van der Waals surface area contributed by atoms with E-state index in [4.69, 9.17) is 4.42 Å². The van der Waals surface area contributed by atoms with Gasteiger partial charge in [-0.1, -0.05) is 36.4 Å². The number of aromatic amines is 1. The molecule has 0 radical (unpaired) electrons. The minimum Gasteiger partial charge on any atom is -0.408 e. The summed E-state index contributed by atoms with van der Waals surface area (Å²) in [6, 6.07) is 16.9. The lowest BCUT2D eigenvalue weighted by Gasteiger charge is -2.32. The van der Waals surface area contributed by atoms with E-state index in [0.717, 1.165) is 17.9 Å². The van der Waals surface area contributed by atoms with Gasteiger partial charge in [-0.3, -0.25) is 4.98 Å². The summed E-state index contributed by atoms with van der Waals surface area (Å²) in [5.74, 6) is 0.353. The number of oxazole rings is 1. The summed E-state index contributed by atoms with van der Waals surface area (Å²) >= 11 is 0. The maximum Gasteiger partial charge on any atom is 0.417 e. The number of hydrogen-bond acceptors (Lipinski definition) is 3. The summed E-state index contributed by atoms with van der Waals surface area (Å²) < 4.78 is 5.14. The van der Waals surface area contributed by atoms with Gasteiger partial charge >= 0.3 is 5.76 Å². The van der Waals surface area contributed by atoms with Gasteiger partial charge in [0.2, 0.25) is 0 Å². The molecule has 0 amide bonds. The molecular formula is C22H26N2O2. The highest BCUT2D eigenvalue weighted by atomic mass is 16.4. The molecule has 1 aliphatic rings. The van der Waals surface area contributed by atoms with E-state index in [1.165, 1.54) is 56.4 Å². The number of rotatable bonds is 6. The first-order valence-corrected chi connectivity index (χ1v) is 9.67. The Hall–Kier alpha value is -2.33. The van der Waals surface area contributed by atoms with Crippen LogP contribution in [0.4, 0.5) is 0 Å². The Bertz CT molecular complexity index is 889. The number of unbranched alkanes of at least 4 members (excludes halogenated alkanes) is 1. The van der Waals surface area contributed by atoms with E-state index in [2.05, 4.69) is 46.3 Å². The van der Waals surface area contributed by atoms with Crippen molar-refractivity contribution < 1.29 is 4.42 Å². The third-order valence-electron chi connectivity index (χ3n) is 5.53. The van der Waals surface area contributed by atoms with Crippen LogP contribution in [0.1, 0.15) is 42.7 Å². The molecule has 1 fully saturated rings. The molecule has 0 atom stereocenters. The van der Waals surface area contributed by atoms with Gasteiger partial charge in [-0.25, -0.2) is 4.79 Å². The molecule has 1 aromatic heterocycles. The first-order valence-electron chi connectivity index (χ1n) is 9.67. The molecule has 2 aromatic carbocycles. The van der Waals surface area contributed by atoms with Crippen molar-refractivity contribution in [3.05, 3.63) is 70.2 Å². The molecular weight excluding hydrogens is 324 g/mol. The van der Waals surface area contributed by atoms with E-state index >= 15 is 0 Å². The number of piperidine rings is 1. The second kappa shape index (κ2) is 7.92. The van der Waals surface area contributed by atoms with Crippen LogP contribution in [0.25, 0.3) is 11.1 Å². The number of nitrogens with zero attached hydrogens (tertiary/aromatic N) is 1. The van der Waals surface area contributed by atoms with Crippen LogP contribution < -0.4 is 5.76 Å². The Labute approximate surface area is 153 Å². The number of hydrogen-bond donors (Lipinski definition) is 1. The van der Waals surface area contributed by atoms with Gasteiger partial charge in [-0.05, 0) is 80.9 Å². The highest BCUT2D eigenvalue weighted by Gasteiger charge is 2.19. The Morgan fingerprint density at radius 1 is 1.04 bits per heavy atom. The van der Waals surface area contributed by atoms with Crippen LogP contribution in [0.3, 0.4) is 0 Å². The molecule has 1 aliphatic heterocycles. The molecule has 4 nitrogen and oxygen atoms in total. The van der Waals surface area contributed by atoms with Gasteiger partial charge in [-0.2, -0.15) is 0 Å². The fourth-order valence-electron chi connectivity index (χ4n) is 4.02. The lowest BCUT2D eigenvalue weighted by atomic mass is 9.89. The lowest BCUT2D eigenvalue weighted by molar-refractivity contribution is 0.209. The van der Waals surface area contributed by atoms with Crippen molar-refractivity contribution in [1.29, 1.82) is 0 Å². The molecule has 4 rings (SSSR count). The average Bonchev–Trinajstić information content (AvgIpc) is 3.06. The van der Waals surface area contributed by atoms with E-state index < -0.39 is 0 Å². The Balaban J connectivity index is 1.20. The Morgan fingerprint density at radius 3 is 2.65 bits per heavy atom. The zero-order chi connectivity index (χ0) is 17.8. The van der Waals surface area contributed by atoms with Gasteiger partial charge in [0.1, 0.15) is 0 Å². The summed E-state index contributed by atoms with van der Waals surface area (Å²) in [5.41, 5.74) is 4.18. The fourth-order valence-corrected chi connectivity index (χ4v) is 4.02. The van der Waals surface area contributed by atoms with Crippen molar-refractivity contribution in [1.82, 2.24) is 9.88 Å². The summed E-state index contributed by atoms with van der Waals surface area (Å²) in [7, 11) is 0. The van der Waals surface area contributed by atoms with Gasteiger partial charge in [0.05, 0.1) is 5.52 Å². The van der Waals surface area contributed by atoms with Crippen molar-refractivity contribution in [2.24, 2.45) is 0 Å². The molecule has 4 heteroatoms. The van der Waals surface area contributed by atoms with Gasteiger partial charge in [0.15, 0.2) is 5.58 Å². The summed E-state index contributed by atoms with van der Waals surface area (Å²) in [4.78, 5) is 16.5. The van der Waals surface area contributed by atoms with E-state index in [1.54, 1.807) is 0 Å². The summed E-state index contributed by atoms with van der Waals surface area (Å²) in [5, 5.41) is 0. The minimum atomic E-state index is -0.379. The zero-order valence-electron chi connectivity index (χ0n) is 15.1. The van der Waals surface area contributed by atoms with Gasteiger partial charge in [0.25, 0.3) is 0 Å². The Kier molecular flexibility index (Phi) is 5.21. The first kappa shape index (κ1) is 17.1. The molecule has 0 spiro atoms. The second-order valence-corrected chi connectivity index (χ2v) is 7.33.